The first-order valence-electron chi connectivity index (χ1n) is 9.67. The first-order valence-corrected chi connectivity index (χ1v) is 11.0. The standard InChI is InChI=1S/C22H21ClN4O5S/c1-27-18(8-13-4-6-16(23)7-5-13)25-26-22(27)33-12-19(28)24-17-10-14(20(29)31-2)9-15(11-17)21(30)32-3/h4-7,9-11H,8,12H2,1-3H3,(H,24,28). The van der Waals surface area contributed by atoms with Gasteiger partial charge in [0.15, 0.2) is 5.16 Å². The Kier molecular flexibility index (Phi) is 8.07. The molecule has 1 aromatic heterocycles. The summed E-state index contributed by atoms with van der Waals surface area (Å²) in [6.07, 6.45) is 0.573. The molecular formula is C22H21ClN4O5S. The van der Waals surface area contributed by atoms with Crippen LogP contribution < -0.4 is 5.32 Å². The zero-order chi connectivity index (χ0) is 24.0. The molecule has 3 aromatic rings. The topological polar surface area (TPSA) is 112 Å². The number of carbonyl (C=O) groups excluding carboxylic acids is 3. The molecule has 11 heteroatoms. The average Bonchev–Trinajstić information content (AvgIpc) is 3.16. The van der Waals surface area contributed by atoms with Gasteiger partial charge in [0.05, 0.1) is 31.1 Å². The molecule has 0 unspecified atom stereocenters. The van der Waals surface area contributed by atoms with Gasteiger partial charge in [0.25, 0.3) is 0 Å². The second-order valence-electron chi connectivity index (χ2n) is 6.88. The van der Waals surface area contributed by atoms with E-state index >= 15 is 0 Å². The molecule has 3 rings (SSSR count). The zero-order valence-corrected chi connectivity index (χ0v) is 19.7. The molecule has 0 aliphatic carbocycles. The van der Waals surface area contributed by atoms with Gasteiger partial charge in [-0.1, -0.05) is 35.5 Å². The number of esters is 2. The van der Waals surface area contributed by atoms with Gasteiger partial charge in [-0.15, -0.1) is 10.2 Å². The third-order valence-electron chi connectivity index (χ3n) is 4.59. The van der Waals surface area contributed by atoms with Gasteiger partial charge >= 0.3 is 11.9 Å². The van der Waals surface area contributed by atoms with E-state index in [0.717, 1.165) is 11.4 Å². The van der Waals surface area contributed by atoms with Crippen molar-refractivity contribution in [3.05, 3.63) is 70.0 Å². The molecule has 0 fully saturated rings. The molecule has 2 aromatic carbocycles. The van der Waals surface area contributed by atoms with E-state index in [-0.39, 0.29) is 28.5 Å². The molecule has 9 nitrogen and oxygen atoms in total. The van der Waals surface area contributed by atoms with E-state index < -0.39 is 11.9 Å². The lowest BCUT2D eigenvalue weighted by Crippen LogP contribution is -2.16. The number of nitrogens with zero attached hydrogens (tertiary/aromatic N) is 3. The van der Waals surface area contributed by atoms with E-state index in [0.29, 0.717) is 16.6 Å². The van der Waals surface area contributed by atoms with Crippen molar-refractivity contribution in [3.8, 4) is 0 Å². The van der Waals surface area contributed by atoms with Crippen LogP contribution in [0.4, 0.5) is 5.69 Å². The maximum absolute atomic E-state index is 12.5. The van der Waals surface area contributed by atoms with Crippen molar-refractivity contribution in [3.63, 3.8) is 0 Å². The van der Waals surface area contributed by atoms with Crippen LogP contribution in [0.1, 0.15) is 32.1 Å². The van der Waals surface area contributed by atoms with E-state index in [1.54, 1.807) is 0 Å². The van der Waals surface area contributed by atoms with Crippen molar-refractivity contribution in [1.82, 2.24) is 14.8 Å². The molecule has 1 heterocycles. The Morgan fingerprint density at radius 1 is 1.00 bits per heavy atom. The maximum atomic E-state index is 12.5. The van der Waals surface area contributed by atoms with Crippen molar-refractivity contribution in [2.75, 3.05) is 25.3 Å². The fraction of sp³-hybridized carbons (Fsp3) is 0.227. The molecule has 33 heavy (non-hydrogen) atoms. The Bertz CT molecular complexity index is 1150. The highest BCUT2D eigenvalue weighted by Gasteiger charge is 2.16. The number of benzene rings is 2. The summed E-state index contributed by atoms with van der Waals surface area (Å²) in [5.41, 5.74) is 1.54. The van der Waals surface area contributed by atoms with Crippen molar-refractivity contribution >= 4 is 46.9 Å². The summed E-state index contributed by atoms with van der Waals surface area (Å²) in [5, 5.41) is 12.3. The highest BCUT2D eigenvalue weighted by Crippen LogP contribution is 2.20. The number of hydrogen-bond acceptors (Lipinski definition) is 8. The number of hydrogen-bond donors (Lipinski definition) is 1. The summed E-state index contributed by atoms with van der Waals surface area (Å²) in [6, 6.07) is 11.7. The third-order valence-corrected chi connectivity index (χ3v) is 5.86. The fourth-order valence-corrected chi connectivity index (χ4v) is 3.76. The quantitative estimate of drug-likeness (QED) is 0.379. The number of anilines is 1. The van der Waals surface area contributed by atoms with Crippen molar-refractivity contribution in [2.24, 2.45) is 7.05 Å². The molecule has 0 saturated heterocycles. The van der Waals surface area contributed by atoms with E-state index in [9.17, 15) is 14.4 Å². The number of rotatable bonds is 8. The molecule has 172 valence electrons. The summed E-state index contributed by atoms with van der Waals surface area (Å²) in [4.78, 5) is 36.3. The third kappa shape index (κ3) is 6.33. The fourth-order valence-electron chi connectivity index (χ4n) is 2.91. The van der Waals surface area contributed by atoms with Gasteiger partial charge < -0.3 is 19.4 Å². The van der Waals surface area contributed by atoms with Crippen LogP contribution in [0.2, 0.25) is 5.02 Å². The Morgan fingerprint density at radius 2 is 1.61 bits per heavy atom. The maximum Gasteiger partial charge on any atom is 0.337 e. The van der Waals surface area contributed by atoms with E-state index in [1.165, 1.54) is 44.2 Å². The summed E-state index contributed by atoms with van der Waals surface area (Å²) < 4.78 is 11.2. The first-order chi connectivity index (χ1) is 15.8. The molecule has 1 amide bonds. The summed E-state index contributed by atoms with van der Waals surface area (Å²) in [7, 11) is 4.28. The van der Waals surface area contributed by atoms with Crippen LogP contribution in [0.5, 0.6) is 0 Å². The van der Waals surface area contributed by atoms with Crippen molar-refractivity contribution in [2.45, 2.75) is 11.6 Å². The highest BCUT2D eigenvalue weighted by molar-refractivity contribution is 7.99. The van der Waals surface area contributed by atoms with Gasteiger partial charge in [-0.25, -0.2) is 9.59 Å². The average molecular weight is 489 g/mol. The largest absolute Gasteiger partial charge is 0.465 e. The Hall–Kier alpha value is -3.37. The molecule has 0 atom stereocenters. The lowest BCUT2D eigenvalue weighted by molar-refractivity contribution is -0.113. The van der Waals surface area contributed by atoms with Gasteiger partial charge in [-0.05, 0) is 35.9 Å². The lowest BCUT2D eigenvalue weighted by atomic mass is 10.1. The normalized spacial score (nSPS) is 10.5. The number of amides is 1. The van der Waals surface area contributed by atoms with Crippen LogP contribution in [0, 0.1) is 0 Å². The van der Waals surface area contributed by atoms with Crippen molar-refractivity contribution in [1.29, 1.82) is 0 Å². The molecule has 0 aliphatic rings. The smallest absolute Gasteiger partial charge is 0.337 e. The Balaban J connectivity index is 1.66. The summed E-state index contributed by atoms with van der Waals surface area (Å²) in [5.74, 6) is -0.840. The van der Waals surface area contributed by atoms with E-state index in [4.69, 9.17) is 21.1 Å². The number of methoxy groups -OCH3 is 2. The minimum Gasteiger partial charge on any atom is -0.465 e. The van der Waals surface area contributed by atoms with Gasteiger partial charge in [0.1, 0.15) is 5.82 Å². The van der Waals surface area contributed by atoms with Crippen LogP contribution in [-0.4, -0.2) is 52.6 Å². The number of ether oxygens (including phenoxy) is 2. The number of carbonyl (C=O) groups is 3. The Morgan fingerprint density at radius 3 is 2.18 bits per heavy atom. The SMILES string of the molecule is COC(=O)c1cc(NC(=O)CSc2nnc(Cc3ccc(Cl)cc3)n2C)cc(C(=O)OC)c1. The highest BCUT2D eigenvalue weighted by atomic mass is 35.5. The number of nitrogens with one attached hydrogen (secondary N) is 1. The molecular weight excluding hydrogens is 468 g/mol. The predicted molar refractivity (Wildman–Crippen MR) is 124 cm³/mol. The monoisotopic (exact) mass is 488 g/mol. The molecule has 0 spiro atoms. The van der Waals surface area contributed by atoms with Crippen LogP contribution >= 0.6 is 23.4 Å². The second-order valence-corrected chi connectivity index (χ2v) is 8.26. The molecule has 0 aliphatic heterocycles. The molecule has 0 radical (unpaired) electrons. The Labute approximate surface area is 199 Å². The summed E-state index contributed by atoms with van der Waals surface area (Å²) >= 11 is 7.13. The van der Waals surface area contributed by atoms with Crippen LogP contribution in [0.25, 0.3) is 0 Å². The number of aromatic nitrogens is 3. The molecule has 0 saturated carbocycles. The van der Waals surface area contributed by atoms with Crippen LogP contribution in [0.15, 0.2) is 47.6 Å². The molecule has 1 N–H and O–H groups in total. The number of thioether (sulfide) groups is 1. The van der Waals surface area contributed by atoms with Crippen LogP contribution in [-0.2, 0) is 27.7 Å². The van der Waals surface area contributed by atoms with Gasteiger partial charge in [-0.3, -0.25) is 4.79 Å². The zero-order valence-electron chi connectivity index (χ0n) is 18.1. The minimum atomic E-state index is -0.641. The number of halogens is 1. The van der Waals surface area contributed by atoms with Gasteiger partial charge in [0, 0.05) is 24.2 Å². The van der Waals surface area contributed by atoms with E-state index in [2.05, 4.69) is 15.5 Å². The van der Waals surface area contributed by atoms with E-state index in [1.807, 2.05) is 35.9 Å². The van der Waals surface area contributed by atoms with Crippen molar-refractivity contribution < 1.29 is 23.9 Å². The summed E-state index contributed by atoms with van der Waals surface area (Å²) in [6.45, 7) is 0. The second kappa shape index (κ2) is 11.0. The minimum absolute atomic E-state index is 0.0446. The van der Waals surface area contributed by atoms with Gasteiger partial charge in [-0.2, -0.15) is 0 Å². The lowest BCUT2D eigenvalue weighted by Gasteiger charge is -2.09. The first kappa shape index (κ1) is 24.3. The predicted octanol–water partition coefficient (Wildman–Crippen LogP) is 3.36. The molecule has 0 bridgehead atoms. The van der Waals surface area contributed by atoms with Crippen LogP contribution in [0.3, 0.4) is 0 Å². The van der Waals surface area contributed by atoms with Gasteiger partial charge in [0.2, 0.25) is 5.91 Å².